The molecule has 1 rings (SSSR count). The molecule has 14 heavy (non-hydrogen) atoms. The van der Waals surface area contributed by atoms with E-state index in [1.54, 1.807) is 4.68 Å². The van der Waals surface area contributed by atoms with Crippen molar-refractivity contribution in [3.63, 3.8) is 0 Å². The van der Waals surface area contributed by atoms with Crippen molar-refractivity contribution in [2.75, 3.05) is 5.33 Å². The van der Waals surface area contributed by atoms with Crippen LogP contribution in [0.5, 0.6) is 0 Å². The fourth-order valence-corrected chi connectivity index (χ4v) is 1.57. The molecule has 0 amide bonds. The molecule has 80 valence electrons. The first-order chi connectivity index (χ1) is 6.36. The maximum atomic E-state index is 9.68. The normalized spacial score (nSPS) is 14.4. The molecule has 4 heteroatoms. The van der Waals surface area contributed by atoms with Crippen LogP contribution in [0.1, 0.15) is 38.3 Å². The van der Waals surface area contributed by atoms with Crippen molar-refractivity contribution >= 4 is 15.9 Å². The number of rotatable bonds is 2. The molecule has 1 heterocycles. The van der Waals surface area contributed by atoms with Crippen LogP contribution in [0.2, 0.25) is 0 Å². The lowest BCUT2D eigenvalue weighted by molar-refractivity contribution is 0.195. The van der Waals surface area contributed by atoms with Crippen molar-refractivity contribution in [2.45, 2.75) is 32.3 Å². The minimum atomic E-state index is -0.483. The van der Waals surface area contributed by atoms with Crippen LogP contribution in [-0.4, -0.2) is 20.2 Å². The van der Waals surface area contributed by atoms with E-state index in [1.165, 1.54) is 0 Å². The first kappa shape index (κ1) is 11.7. The van der Waals surface area contributed by atoms with E-state index in [0.717, 1.165) is 11.4 Å². The predicted molar refractivity (Wildman–Crippen MR) is 60.7 cm³/mol. The molecule has 1 atom stereocenters. The third-order valence-electron chi connectivity index (χ3n) is 2.17. The predicted octanol–water partition coefficient (Wildman–Crippen LogP) is 2.15. The van der Waals surface area contributed by atoms with Crippen LogP contribution in [-0.2, 0) is 12.5 Å². The summed E-state index contributed by atoms with van der Waals surface area (Å²) < 4.78 is 1.74. The molecule has 0 fully saturated rings. The van der Waals surface area contributed by atoms with Gasteiger partial charge in [0.2, 0.25) is 0 Å². The topological polar surface area (TPSA) is 38.0 Å². The average molecular weight is 261 g/mol. The third kappa shape index (κ3) is 2.36. The Hall–Kier alpha value is -0.350. The van der Waals surface area contributed by atoms with Gasteiger partial charge in [0.1, 0.15) is 6.10 Å². The van der Waals surface area contributed by atoms with Gasteiger partial charge < -0.3 is 5.11 Å². The number of nitrogens with zero attached hydrogens (tertiary/aromatic N) is 2. The van der Waals surface area contributed by atoms with Crippen molar-refractivity contribution in [3.05, 3.63) is 17.5 Å². The summed E-state index contributed by atoms with van der Waals surface area (Å²) in [5.74, 6) is 0. The Bertz CT molecular complexity index is 314. The number of hydrogen-bond donors (Lipinski definition) is 1. The molecule has 0 bridgehead atoms. The Morgan fingerprint density at radius 3 is 2.50 bits per heavy atom. The van der Waals surface area contributed by atoms with Crippen LogP contribution in [0.15, 0.2) is 6.07 Å². The molecule has 0 aromatic carbocycles. The Balaban J connectivity index is 3.05. The number of aliphatic hydroxyl groups is 1. The zero-order valence-corrected chi connectivity index (χ0v) is 10.7. The smallest absolute Gasteiger partial charge is 0.105 e. The Morgan fingerprint density at radius 1 is 1.57 bits per heavy atom. The molecule has 0 aliphatic rings. The molecule has 3 nitrogen and oxygen atoms in total. The molecule has 0 radical (unpaired) electrons. The molecule has 0 saturated carbocycles. The highest BCUT2D eigenvalue weighted by Gasteiger charge is 2.21. The highest BCUT2D eigenvalue weighted by atomic mass is 79.9. The lowest BCUT2D eigenvalue weighted by Gasteiger charge is -2.13. The number of aromatic nitrogens is 2. The first-order valence-corrected chi connectivity index (χ1v) is 5.77. The summed E-state index contributed by atoms with van der Waals surface area (Å²) in [5.41, 5.74) is 1.89. The molecule has 0 aliphatic heterocycles. The van der Waals surface area contributed by atoms with E-state index in [-0.39, 0.29) is 5.41 Å². The number of aliphatic hydroxyl groups excluding tert-OH is 1. The van der Waals surface area contributed by atoms with Crippen molar-refractivity contribution in [3.8, 4) is 0 Å². The van der Waals surface area contributed by atoms with Crippen molar-refractivity contribution < 1.29 is 5.11 Å². The monoisotopic (exact) mass is 260 g/mol. The zero-order chi connectivity index (χ0) is 10.9. The molecule has 0 saturated heterocycles. The number of hydrogen-bond acceptors (Lipinski definition) is 2. The first-order valence-electron chi connectivity index (χ1n) is 4.64. The van der Waals surface area contributed by atoms with Crippen LogP contribution in [0.4, 0.5) is 0 Å². The van der Waals surface area contributed by atoms with Crippen molar-refractivity contribution in [1.29, 1.82) is 0 Å². The largest absolute Gasteiger partial charge is 0.386 e. The van der Waals surface area contributed by atoms with Gasteiger partial charge in [0.05, 0.1) is 11.4 Å². The molecule has 0 spiro atoms. The summed E-state index contributed by atoms with van der Waals surface area (Å²) in [6.45, 7) is 6.33. The van der Waals surface area contributed by atoms with E-state index >= 15 is 0 Å². The Kier molecular flexibility index (Phi) is 3.37. The summed E-state index contributed by atoms with van der Waals surface area (Å²) in [4.78, 5) is 0. The second-order valence-corrected chi connectivity index (χ2v) is 5.15. The van der Waals surface area contributed by atoms with Gasteiger partial charge >= 0.3 is 0 Å². The summed E-state index contributed by atoms with van der Waals surface area (Å²) in [7, 11) is 1.86. The second-order valence-electron chi connectivity index (χ2n) is 4.50. The van der Waals surface area contributed by atoms with Gasteiger partial charge in [-0.2, -0.15) is 5.10 Å². The molecular formula is C10H17BrN2O. The number of halogens is 1. The number of aryl methyl sites for hydroxylation is 1. The fourth-order valence-electron chi connectivity index (χ4n) is 1.24. The van der Waals surface area contributed by atoms with E-state index in [1.807, 2.05) is 13.1 Å². The van der Waals surface area contributed by atoms with Crippen molar-refractivity contribution in [2.24, 2.45) is 7.05 Å². The SMILES string of the molecule is Cn1nc(C(C)(C)C)cc1C(O)CBr. The van der Waals surface area contributed by atoms with Gasteiger partial charge in [-0.05, 0) is 6.07 Å². The summed E-state index contributed by atoms with van der Waals surface area (Å²) in [5, 5.41) is 14.6. The summed E-state index contributed by atoms with van der Waals surface area (Å²) in [6, 6.07) is 1.96. The maximum absolute atomic E-state index is 9.68. The lowest BCUT2D eigenvalue weighted by atomic mass is 9.92. The summed E-state index contributed by atoms with van der Waals surface area (Å²) >= 11 is 3.25. The lowest BCUT2D eigenvalue weighted by Crippen LogP contribution is -2.12. The molecule has 1 aromatic heterocycles. The van der Waals surface area contributed by atoms with Crippen LogP contribution in [0, 0.1) is 0 Å². The molecule has 1 unspecified atom stereocenters. The fraction of sp³-hybridized carbons (Fsp3) is 0.700. The highest BCUT2D eigenvalue weighted by Crippen LogP contribution is 2.24. The molecule has 1 N–H and O–H groups in total. The minimum Gasteiger partial charge on any atom is -0.386 e. The second kappa shape index (κ2) is 4.03. The summed E-state index contributed by atoms with van der Waals surface area (Å²) in [6.07, 6.45) is -0.483. The van der Waals surface area contributed by atoms with Gasteiger partial charge in [0.15, 0.2) is 0 Å². The van der Waals surface area contributed by atoms with E-state index in [4.69, 9.17) is 0 Å². The quantitative estimate of drug-likeness (QED) is 0.828. The van der Waals surface area contributed by atoms with Gasteiger partial charge in [0.25, 0.3) is 0 Å². The molecule has 0 aliphatic carbocycles. The number of alkyl halides is 1. The third-order valence-corrected chi connectivity index (χ3v) is 2.79. The van der Waals surface area contributed by atoms with Crippen LogP contribution in [0.25, 0.3) is 0 Å². The zero-order valence-electron chi connectivity index (χ0n) is 9.08. The van der Waals surface area contributed by atoms with E-state index < -0.39 is 6.10 Å². The van der Waals surface area contributed by atoms with Gasteiger partial charge in [-0.1, -0.05) is 36.7 Å². The average Bonchev–Trinajstić information content (AvgIpc) is 2.45. The van der Waals surface area contributed by atoms with E-state index in [9.17, 15) is 5.11 Å². The van der Waals surface area contributed by atoms with Gasteiger partial charge in [-0.25, -0.2) is 0 Å². The van der Waals surface area contributed by atoms with Gasteiger partial charge in [-0.15, -0.1) is 0 Å². The Morgan fingerprint density at radius 2 is 2.14 bits per heavy atom. The van der Waals surface area contributed by atoms with Crippen LogP contribution < -0.4 is 0 Å². The standard InChI is InChI=1S/C10H17BrN2O/c1-10(2,3)9-5-7(8(14)6-11)13(4)12-9/h5,8,14H,6H2,1-4H3. The maximum Gasteiger partial charge on any atom is 0.105 e. The van der Waals surface area contributed by atoms with Crippen LogP contribution >= 0.6 is 15.9 Å². The van der Waals surface area contributed by atoms with Crippen LogP contribution in [0.3, 0.4) is 0 Å². The van der Waals surface area contributed by atoms with E-state index in [0.29, 0.717) is 5.33 Å². The van der Waals surface area contributed by atoms with Crippen molar-refractivity contribution in [1.82, 2.24) is 9.78 Å². The molecular weight excluding hydrogens is 244 g/mol. The Labute approximate surface area is 93.3 Å². The van der Waals surface area contributed by atoms with Gasteiger partial charge in [0, 0.05) is 17.8 Å². The minimum absolute atomic E-state index is 0.0298. The van der Waals surface area contributed by atoms with E-state index in [2.05, 4.69) is 41.8 Å². The molecule has 1 aromatic rings. The van der Waals surface area contributed by atoms with Gasteiger partial charge in [-0.3, -0.25) is 4.68 Å². The highest BCUT2D eigenvalue weighted by molar-refractivity contribution is 9.09.